The summed E-state index contributed by atoms with van der Waals surface area (Å²) in [4.78, 5) is 9.70. The van der Waals surface area contributed by atoms with E-state index in [4.69, 9.17) is 10.7 Å². The normalized spacial score (nSPS) is 20.3. The van der Waals surface area contributed by atoms with Crippen LogP contribution in [0.1, 0.15) is 41.8 Å². The van der Waals surface area contributed by atoms with E-state index in [0.717, 1.165) is 29.0 Å². The van der Waals surface area contributed by atoms with Crippen LogP contribution >= 0.6 is 38.6 Å². The fourth-order valence-corrected chi connectivity index (χ4v) is 5.43. The number of hydrogen-bond donors (Lipinski definition) is 1. The predicted molar refractivity (Wildman–Crippen MR) is 95.3 cm³/mol. The highest BCUT2D eigenvalue weighted by Gasteiger charge is 2.33. The molecule has 0 amide bonds. The molecule has 0 aromatic carbocycles. The monoisotopic (exact) mass is 385 g/mol. The Kier molecular flexibility index (Phi) is 4.16. The summed E-state index contributed by atoms with van der Waals surface area (Å²) in [5.74, 6) is 0. The number of thiophene rings is 1. The molecule has 3 rings (SSSR count). The van der Waals surface area contributed by atoms with Gasteiger partial charge in [-0.1, -0.05) is 25.2 Å². The van der Waals surface area contributed by atoms with Gasteiger partial charge in [0, 0.05) is 32.7 Å². The molecule has 1 unspecified atom stereocenters. The summed E-state index contributed by atoms with van der Waals surface area (Å²) in [7, 11) is 2.11. The SMILES string of the molecule is CN(Cc1cc(Br)cs1)c1nc2c(s1)C(N)CC(C)(C)C2. The molecule has 114 valence electrons. The lowest BCUT2D eigenvalue weighted by Gasteiger charge is -2.32. The molecular weight excluding hydrogens is 366 g/mol. The van der Waals surface area contributed by atoms with E-state index in [0.29, 0.717) is 0 Å². The molecule has 21 heavy (non-hydrogen) atoms. The highest BCUT2D eigenvalue weighted by Crippen LogP contribution is 2.43. The van der Waals surface area contributed by atoms with Crippen LogP contribution in [0, 0.1) is 5.41 Å². The van der Waals surface area contributed by atoms with Crippen LogP contribution < -0.4 is 10.6 Å². The topological polar surface area (TPSA) is 42.2 Å². The minimum atomic E-state index is 0.138. The number of rotatable bonds is 3. The van der Waals surface area contributed by atoms with Crippen molar-refractivity contribution in [2.24, 2.45) is 11.1 Å². The number of anilines is 1. The number of nitrogens with two attached hydrogens (primary N) is 1. The third-order valence-corrected chi connectivity index (χ3v) is 6.84. The van der Waals surface area contributed by atoms with Crippen LogP contribution in [0.2, 0.25) is 0 Å². The van der Waals surface area contributed by atoms with E-state index in [9.17, 15) is 0 Å². The number of thiazole rings is 1. The zero-order chi connectivity index (χ0) is 15.2. The minimum Gasteiger partial charge on any atom is -0.346 e. The van der Waals surface area contributed by atoms with Gasteiger partial charge in [0.15, 0.2) is 5.13 Å². The molecule has 0 saturated carbocycles. The van der Waals surface area contributed by atoms with E-state index in [-0.39, 0.29) is 11.5 Å². The van der Waals surface area contributed by atoms with E-state index >= 15 is 0 Å². The van der Waals surface area contributed by atoms with Gasteiger partial charge in [-0.2, -0.15) is 0 Å². The maximum Gasteiger partial charge on any atom is 0.185 e. The molecule has 3 nitrogen and oxygen atoms in total. The van der Waals surface area contributed by atoms with Gasteiger partial charge in [-0.15, -0.1) is 11.3 Å². The molecule has 2 aromatic heterocycles. The quantitative estimate of drug-likeness (QED) is 0.840. The van der Waals surface area contributed by atoms with Gasteiger partial charge in [-0.3, -0.25) is 0 Å². The fourth-order valence-electron chi connectivity index (χ4n) is 2.88. The Labute approximate surface area is 142 Å². The van der Waals surface area contributed by atoms with Gasteiger partial charge in [0.2, 0.25) is 0 Å². The summed E-state index contributed by atoms with van der Waals surface area (Å²) in [6.45, 7) is 5.45. The van der Waals surface area contributed by atoms with Crippen molar-refractivity contribution < 1.29 is 0 Å². The van der Waals surface area contributed by atoms with Crippen molar-refractivity contribution in [2.75, 3.05) is 11.9 Å². The van der Waals surface area contributed by atoms with Crippen molar-refractivity contribution in [3.05, 3.63) is 31.4 Å². The lowest BCUT2D eigenvalue weighted by Crippen LogP contribution is -2.28. The third kappa shape index (κ3) is 3.33. The summed E-state index contributed by atoms with van der Waals surface area (Å²) in [6, 6.07) is 2.31. The smallest absolute Gasteiger partial charge is 0.185 e. The van der Waals surface area contributed by atoms with Gasteiger partial charge in [0.05, 0.1) is 12.2 Å². The van der Waals surface area contributed by atoms with Crippen LogP contribution in [-0.2, 0) is 13.0 Å². The summed E-state index contributed by atoms with van der Waals surface area (Å²) < 4.78 is 1.15. The molecule has 2 N–H and O–H groups in total. The van der Waals surface area contributed by atoms with E-state index in [1.807, 2.05) is 0 Å². The van der Waals surface area contributed by atoms with Gasteiger partial charge >= 0.3 is 0 Å². The van der Waals surface area contributed by atoms with E-state index < -0.39 is 0 Å². The van der Waals surface area contributed by atoms with Crippen LogP contribution in [0.5, 0.6) is 0 Å². The molecule has 2 heterocycles. The molecule has 6 heteroatoms. The average Bonchev–Trinajstić information content (AvgIpc) is 2.94. The fraction of sp³-hybridized carbons (Fsp3) is 0.533. The first-order valence-corrected chi connectivity index (χ1v) is 9.52. The second-order valence-electron chi connectivity index (χ2n) is 6.55. The summed E-state index contributed by atoms with van der Waals surface area (Å²) >= 11 is 7.04. The molecule has 0 saturated heterocycles. The number of nitrogens with zero attached hydrogens (tertiary/aromatic N) is 2. The van der Waals surface area contributed by atoms with E-state index in [1.54, 1.807) is 22.7 Å². The molecule has 1 aliphatic rings. The van der Waals surface area contributed by atoms with Crippen molar-refractivity contribution in [3.8, 4) is 0 Å². The standard InChI is InChI=1S/C15H20BrN3S2/c1-15(2)5-11(17)13-12(6-15)18-14(21-13)19(3)7-10-4-9(16)8-20-10/h4,8,11H,5-7,17H2,1-3H3. The summed E-state index contributed by atoms with van der Waals surface area (Å²) in [6.07, 6.45) is 2.08. The van der Waals surface area contributed by atoms with Gasteiger partial charge in [0.25, 0.3) is 0 Å². The Hall–Kier alpha value is -0.430. The number of fused-ring (bicyclic) bond motifs is 1. The maximum absolute atomic E-state index is 6.34. The Morgan fingerprint density at radius 1 is 1.52 bits per heavy atom. The van der Waals surface area contributed by atoms with Crippen molar-refractivity contribution in [2.45, 2.75) is 39.3 Å². The molecule has 0 radical (unpaired) electrons. The van der Waals surface area contributed by atoms with Crippen molar-refractivity contribution >= 4 is 43.7 Å². The van der Waals surface area contributed by atoms with Crippen LogP contribution in [0.25, 0.3) is 0 Å². The number of aromatic nitrogens is 1. The van der Waals surface area contributed by atoms with Gasteiger partial charge in [0.1, 0.15) is 0 Å². The first kappa shape index (κ1) is 15.5. The lowest BCUT2D eigenvalue weighted by molar-refractivity contribution is 0.282. The Bertz CT molecular complexity index is 647. The Balaban J connectivity index is 1.81. The summed E-state index contributed by atoms with van der Waals surface area (Å²) in [5, 5.41) is 3.20. The van der Waals surface area contributed by atoms with Gasteiger partial charge in [-0.25, -0.2) is 4.98 Å². The molecule has 0 aliphatic heterocycles. The zero-order valence-electron chi connectivity index (χ0n) is 12.5. The van der Waals surface area contributed by atoms with E-state index in [1.165, 1.54) is 15.4 Å². The molecular formula is C15H20BrN3S2. The van der Waals surface area contributed by atoms with Crippen molar-refractivity contribution in [1.29, 1.82) is 0 Å². The number of hydrogen-bond acceptors (Lipinski definition) is 5. The maximum atomic E-state index is 6.34. The van der Waals surface area contributed by atoms with Crippen LogP contribution in [0.15, 0.2) is 15.9 Å². The number of halogens is 1. The van der Waals surface area contributed by atoms with E-state index in [2.05, 4.69) is 53.2 Å². The zero-order valence-corrected chi connectivity index (χ0v) is 15.7. The predicted octanol–water partition coefficient (Wildman–Crippen LogP) is 4.58. The lowest BCUT2D eigenvalue weighted by atomic mass is 9.77. The molecule has 1 aliphatic carbocycles. The molecule has 0 spiro atoms. The minimum absolute atomic E-state index is 0.138. The molecule has 0 bridgehead atoms. The largest absolute Gasteiger partial charge is 0.346 e. The average molecular weight is 386 g/mol. The highest BCUT2D eigenvalue weighted by atomic mass is 79.9. The second-order valence-corrected chi connectivity index (χ2v) is 9.47. The molecule has 1 atom stereocenters. The highest BCUT2D eigenvalue weighted by molar-refractivity contribution is 9.10. The van der Waals surface area contributed by atoms with Gasteiger partial charge < -0.3 is 10.6 Å². The van der Waals surface area contributed by atoms with Crippen molar-refractivity contribution in [3.63, 3.8) is 0 Å². The third-order valence-electron chi connectivity index (χ3n) is 3.81. The summed E-state index contributed by atoms with van der Waals surface area (Å²) in [5.41, 5.74) is 7.80. The van der Waals surface area contributed by atoms with Gasteiger partial charge in [-0.05, 0) is 40.3 Å². The first-order valence-electron chi connectivity index (χ1n) is 7.03. The Morgan fingerprint density at radius 2 is 2.29 bits per heavy atom. The molecule has 0 fully saturated rings. The van der Waals surface area contributed by atoms with Crippen LogP contribution in [0.3, 0.4) is 0 Å². The molecule has 2 aromatic rings. The van der Waals surface area contributed by atoms with Crippen LogP contribution in [0.4, 0.5) is 5.13 Å². The first-order chi connectivity index (χ1) is 9.84. The van der Waals surface area contributed by atoms with Crippen LogP contribution in [-0.4, -0.2) is 12.0 Å². The van der Waals surface area contributed by atoms with Crippen molar-refractivity contribution in [1.82, 2.24) is 4.98 Å². The second kappa shape index (κ2) is 5.65. The Morgan fingerprint density at radius 3 is 2.95 bits per heavy atom.